The zero-order valence-corrected chi connectivity index (χ0v) is 19.7. The van der Waals surface area contributed by atoms with Crippen LogP contribution in [0.1, 0.15) is 102 Å². The van der Waals surface area contributed by atoms with Crippen LogP contribution in [-0.4, -0.2) is 34.7 Å². The standard InChI is InChI=1S/C27H38N2O3/c1-19(2)20-14-16-23(17-15-20)29-25(30)18-24(27(29)32)28(22-12-8-3-4-9-13-22)26(31)21-10-6-5-7-11-21/h14-17,19,21-22,24H,3-13,18H2,1-2H3. The van der Waals surface area contributed by atoms with E-state index in [2.05, 4.69) is 13.8 Å². The number of anilines is 1. The van der Waals surface area contributed by atoms with E-state index in [0.717, 1.165) is 51.4 Å². The molecule has 2 aliphatic carbocycles. The fourth-order valence-electron chi connectivity index (χ4n) is 5.80. The van der Waals surface area contributed by atoms with Crippen LogP contribution in [0.25, 0.3) is 0 Å². The van der Waals surface area contributed by atoms with Gasteiger partial charge in [0.05, 0.1) is 12.1 Å². The van der Waals surface area contributed by atoms with Crippen molar-refractivity contribution in [3.63, 3.8) is 0 Å². The van der Waals surface area contributed by atoms with Gasteiger partial charge < -0.3 is 4.90 Å². The van der Waals surface area contributed by atoms with Crippen LogP contribution in [0.2, 0.25) is 0 Å². The van der Waals surface area contributed by atoms with Crippen molar-refractivity contribution in [2.45, 2.75) is 109 Å². The maximum absolute atomic E-state index is 13.8. The van der Waals surface area contributed by atoms with E-state index in [4.69, 9.17) is 0 Å². The van der Waals surface area contributed by atoms with Crippen molar-refractivity contribution in [3.8, 4) is 0 Å². The van der Waals surface area contributed by atoms with E-state index in [1.54, 1.807) is 0 Å². The largest absolute Gasteiger partial charge is 0.327 e. The molecule has 3 fully saturated rings. The Morgan fingerprint density at radius 1 is 0.875 bits per heavy atom. The predicted molar refractivity (Wildman–Crippen MR) is 126 cm³/mol. The molecule has 0 radical (unpaired) electrons. The van der Waals surface area contributed by atoms with Gasteiger partial charge in [0.1, 0.15) is 6.04 Å². The molecule has 0 aromatic heterocycles. The summed E-state index contributed by atoms with van der Waals surface area (Å²) in [6.45, 7) is 4.25. The van der Waals surface area contributed by atoms with Crippen molar-refractivity contribution in [2.24, 2.45) is 5.92 Å². The zero-order chi connectivity index (χ0) is 22.7. The number of benzene rings is 1. The molecule has 1 atom stereocenters. The number of nitrogens with zero attached hydrogens (tertiary/aromatic N) is 2. The fraction of sp³-hybridized carbons (Fsp3) is 0.667. The molecule has 174 valence electrons. The van der Waals surface area contributed by atoms with Crippen LogP contribution >= 0.6 is 0 Å². The van der Waals surface area contributed by atoms with Crippen LogP contribution in [0.15, 0.2) is 24.3 Å². The molecule has 3 amide bonds. The van der Waals surface area contributed by atoms with E-state index in [0.29, 0.717) is 11.6 Å². The van der Waals surface area contributed by atoms with Gasteiger partial charge in [-0.15, -0.1) is 0 Å². The lowest BCUT2D eigenvalue weighted by molar-refractivity contribution is -0.146. The average molecular weight is 439 g/mol. The van der Waals surface area contributed by atoms with Crippen molar-refractivity contribution >= 4 is 23.4 Å². The number of carbonyl (C=O) groups excluding carboxylic acids is 3. The summed E-state index contributed by atoms with van der Waals surface area (Å²) in [6.07, 6.45) is 11.7. The third-order valence-corrected chi connectivity index (χ3v) is 7.70. The van der Waals surface area contributed by atoms with E-state index in [-0.39, 0.29) is 36.1 Å². The van der Waals surface area contributed by atoms with E-state index in [1.807, 2.05) is 29.2 Å². The molecule has 32 heavy (non-hydrogen) atoms. The Bertz CT molecular complexity index is 818. The number of rotatable bonds is 5. The summed E-state index contributed by atoms with van der Waals surface area (Å²) < 4.78 is 0. The van der Waals surface area contributed by atoms with Gasteiger partial charge in [-0.3, -0.25) is 14.4 Å². The molecule has 0 N–H and O–H groups in total. The first-order chi connectivity index (χ1) is 15.5. The van der Waals surface area contributed by atoms with Crippen molar-refractivity contribution in [2.75, 3.05) is 4.90 Å². The van der Waals surface area contributed by atoms with Gasteiger partial charge in [-0.05, 0) is 49.3 Å². The normalized spacial score (nSPS) is 23.6. The Labute approximate surface area is 192 Å². The Morgan fingerprint density at radius 3 is 2.03 bits per heavy atom. The summed E-state index contributed by atoms with van der Waals surface area (Å²) >= 11 is 0. The number of carbonyl (C=O) groups is 3. The van der Waals surface area contributed by atoms with Crippen LogP contribution < -0.4 is 4.90 Å². The number of imide groups is 1. The second-order valence-corrected chi connectivity index (χ2v) is 10.3. The maximum atomic E-state index is 13.8. The summed E-state index contributed by atoms with van der Waals surface area (Å²) in [6, 6.07) is 7.15. The Morgan fingerprint density at radius 2 is 1.44 bits per heavy atom. The third kappa shape index (κ3) is 4.77. The number of hydrogen-bond acceptors (Lipinski definition) is 3. The van der Waals surface area contributed by atoms with Crippen molar-refractivity contribution in [1.29, 1.82) is 0 Å². The van der Waals surface area contributed by atoms with Gasteiger partial charge in [-0.2, -0.15) is 0 Å². The Balaban J connectivity index is 1.60. The highest BCUT2D eigenvalue weighted by Gasteiger charge is 2.47. The van der Waals surface area contributed by atoms with Gasteiger partial charge >= 0.3 is 0 Å². The van der Waals surface area contributed by atoms with E-state index in [9.17, 15) is 14.4 Å². The Hall–Kier alpha value is -2.17. The lowest BCUT2D eigenvalue weighted by atomic mass is 9.87. The van der Waals surface area contributed by atoms with Gasteiger partial charge in [0.2, 0.25) is 11.8 Å². The van der Waals surface area contributed by atoms with Crippen LogP contribution in [0.5, 0.6) is 0 Å². The molecular formula is C27H38N2O3. The minimum absolute atomic E-state index is 0.00859. The molecule has 5 heteroatoms. The molecule has 1 aromatic rings. The van der Waals surface area contributed by atoms with Gasteiger partial charge in [0.25, 0.3) is 5.91 Å². The smallest absolute Gasteiger partial charge is 0.257 e. The van der Waals surface area contributed by atoms with E-state index >= 15 is 0 Å². The molecule has 0 bridgehead atoms. The summed E-state index contributed by atoms with van der Waals surface area (Å²) in [7, 11) is 0. The summed E-state index contributed by atoms with van der Waals surface area (Å²) in [5.41, 5.74) is 1.80. The molecule has 1 saturated heterocycles. The van der Waals surface area contributed by atoms with Gasteiger partial charge in [0.15, 0.2) is 0 Å². The minimum atomic E-state index is -0.648. The second-order valence-electron chi connectivity index (χ2n) is 10.3. The first-order valence-electron chi connectivity index (χ1n) is 12.8. The SMILES string of the molecule is CC(C)c1ccc(N2C(=O)CC(N(C(=O)C3CCCCC3)C3CCCCCC3)C2=O)cc1. The van der Waals surface area contributed by atoms with Gasteiger partial charge in [0, 0.05) is 12.0 Å². The predicted octanol–water partition coefficient (Wildman–Crippen LogP) is 5.57. The highest BCUT2D eigenvalue weighted by Crippen LogP contribution is 2.34. The summed E-state index contributed by atoms with van der Waals surface area (Å²) in [4.78, 5) is 43.6. The van der Waals surface area contributed by atoms with E-state index < -0.39 is 6.04 Å². The van der Waals surface area contributed by atoms with Crippen molar-refractivity contribution in [3.05, 3.63) is 29.8 Å². The van der Waals surface area contributed by atoms with Crippen molar-refractivity contribution in [1.82, 2.24) is 4.90 Å². The first-order valence-corrected chi connectivity index (χ1v) is 12.8. The van der Waals surface area contributed by atoms with Gasteiger partial charge in [-0.1, -0.05) is 70.9 Å². The Kier molecular flexibility index (Phi) is 7.32. The zero-order valence-electron chi connectivity index (χ0n) is 19.7. The monoisotopic (exact) mass is 438 g/mol. The van der Waals surface area contributed by atoms with Crippen LogP contribution in [0.3, 0.4) is 0 Å². The highest BCUT2D eigenvalue weighted by molar-refractivity contribution is 6.23. The summed E-state index contributed by atoms with van der Waals surface area (Å²) in [5, 5.41) is 0. The summed E-state index contributed by atoms with van der Waals surface area (Å²) in [5.74, 6) is 0.114. The topological polar surface area (TPSA) is 57.7 Å². The number of hydrogen-bond donors (Lipinski definition) is 0. The fourth-order valence-corrected chi connectivity index (χ4v) is 5.80. The molecule has 5 nitrogen and oxygen atoms in total. The molecule has 1 aliphatic heterocycles. The van der Waals surface area contributed by atoms with Crippen molar-refractivity contribution < 1.29 is 14.4 Å². The van der Waals surface area contributed by atoms with Crippen LogP contribution in [0.4, 0.5) is 5.69 Å². The quantitative estimate of drug-likeness (QED) is 0.446. The van der Waals surface area contributed by atoms with Crippen LogP contribution in [0, 0.1) is 5.92 Å². The third-order valence-electron chi connectivity index (χ3n) is 7.70. The first kappa shape index (κ1) is 23.0. The minimum Gasteiger partial charge on any atom is -0.327 e. The lowest BCUT2D eigenvalue weighted by Gasteiger charge is -2.38. The molecule has 1 heterocycles. The number of amides is 3. The molecule has 1 aromatic carbocycles. The van der Waals surface area contributed by atoms with Crippen LogP contribution in [-0.2, 0) is 14.4 Å². The molecular weight excluding hydrogens is 400 g/mol. The molecule has 0 spiro atoms. The maximum Gasteiger partial charge on any atom is 0.257 e. The van der Waals surface area contributed by atoms with E-state index in [1.165, 1.54) is 29.7 Å². The molecule has 1 unspecified atom stereocenters. The lowest BCUT2D eigenvalue weighted by Crippen LogP contribution is -2.52. The average Bonchev–Trinajstić information content (AvgIpc) is 2.97. The van der Waals surface area contributed by atoms with Gasteiger partial charge in [-0.25, -0.2) is 4.90 Å². The molecule has 2 saturated carbocycles. The molecule has 4 rings (SSSR count). The highest BCUT2D eigenvalue weighted by atomic mass is 16.2. The molecule has 3 aliphatic rings. The second kappa shape index (κ2) is 10.2.